The van der Waals surface area contributed by atoms with Gasteiger partial charge in [0.25, 0.3) is 0 Å². The maximum absolute atomic E-state index is 5.10. The number of aromatic nitrogens is 1. The van der Waals surface area contributed by atoms with Crippen LogP contribution >= 0.6 is 23.5 Å². The van der Waals surface area contributed by atoms with Gasteiger partial charge in [-0.3, -0.25) is 14.7 Å². The molecule has 3 aromatic rings. The number of para-hydroxylation sites is 1. The molecule has 19 nitrogen and oxygen atoms in total. The third-order valence-corrected chi connectivity index (χ3v) is 21.4. The number of likely N-dealkylation sites (tertiary alicyclic amines) is 3. The number of piperidine rings is 1. The first-order valence-corrected chi connectivity index (χ1v) is 42.4. The van der Waals surface area contributed by atoms with Crippen molar-refractivity contribution in [3.05, 3.63) is 120 Å². The summed E-state index contributed by atoms with van der Waals surface area (Å²) in [5.74, 6) is 5.23. The number of benzene rings is 2. The molecule has 0 bridgehead atoms. The highest BCUT2D eigenvalue weighted by Gasteiger charge is 2.14. The molecule has 598 valence electrons. The maximum atomic E-state index is 5.10. The number of fused-ring (bicyclic) bond motifs is 2. The van der Waals surface area contributed by atoms with Crippen LogP contribution in [0, 0.1) is 0 Å². The molecule has 21 heteroatoms. The summed E-state index contributed by atoms with van der Waals surface area (Å²) >= 11 is 4.07. The van der Waals surface area contributed by atoms with Crippen LogP contribution in [-0.2, 0) is 35.9 Å². The summed E-state index contributed by atoms with van der Waals surface area (Å²) in [6, 6.07) is 23.4. The highest BCUT2D eigenvalue weighted by atomic mass is 32.2. The Bertz CT molecular complexity index is 2320. The third kappa shape index (κ3) is 55.2. The number of morpholine rings is 1. The lowest BCUT2D eigenvalue weighted by molar-refractivity contribution is -0.671. The van der Waals surface area contributed by atoms with Crippen LogP contribution in [-0.4, -0.2) is 382 Å². The lowest BCUT2D eigenvalue weighted by Gasteiger charge is -2.26. The molecule has 1 aromatic heterocycles. The number of aryl methyl sites for hydroxylation is 2. The predicted molar refractivity (Wildman–Crippen MR) is 454 cm³/mol. The molecular weight excluding hydrogens is 1330 g/mol. The Hall–Kier alpha value is -3.27. The number of rotatable bonds is 0. The summed E-state index contributed by atoms with van der Waals surface area (Å²) < 4.78 is 12.1. The van der Waals surface area contributed by atoms with Crippen LogP contribution < -0.4 is 20.1 Å². The number of thioether (sulfide) groups is 2. The number of anilines is 1. The fraction of sp³-hybridized carbons (Fsp3) is 0.747. The molecule has 14 aliphatic heterocycles. The molecule has 2 aromatic carbocycles. The highest BCUT2D eigenvalue weighted by Crippen LogP contribution is 2.25. The Morgan fingerprint density at radius 1 is 0.356 bits per heavy atom. The maximum Gasteiger partial charge on any atom is 0.168 e. The molecule has 0 spiro atoms. The van der Waals surface area contributed by atoms with E-state index in [4.69, 9.17) is 9.47 Å². The van der Waals surface area contributed by atoms with Crippen molar-refractivity contribution in [2.24, 2.45) is 7.05 Å². The molecule has 0 saturated carbocycles. The molecule has 2 N–H and O–H groups in total. The first-order chi connectivity index (χ1) is 50.4. The normalized spacial score (nSPS) is 22.1. The SMILES string of the molecule is CN1C=CCCC1.CN1CC1.CN1CC=CCC1.CN1CCC1.CN1CCCC1.CN1CCCCC1.CN1CCCc2ccccc21.CN1CCNC1.CN1CCNCC1.CN1CCOC1.CN1CCOCC1.CN1CCSC1.CN1CCSCC1.CN1CCc2ccccc2C1.C[n+]1ccccc1. The Morgan fingerprint density at radius 3 is 1.20 bits per heavy atom. The van der Waals surface area contributed by atoms with Crippen molar-refractivity contribution in [3.8, 4) is 0 Å². The number of hydrogen-bond acceptors (Lipinski definition) is 20. The lowest BCUT2D eigenvalue weighted by Crippen LogP contribution is -2.40. The summed E-state index contributed by atoms with van der Waals surface area (Å²) in [7, 11) is 32.0. The fourth-order valence-corrected chi connectivity index (χ4v) is 13.7. The number of likely N-dealkylation sites (N-methyl/N-ethyl adjacent to an activating group) is 7. The average Bonchev–Trinajstić information content (AvgIpc) is 0.906. The van der Waals surface area contributed by atoms with Crippen LogP contribution in [0.1, 0.15) is 80.9 Å². The number of nitrogens with one attached hydrogen (secondary N) is 2. The minimum atomic E-state index is 0.819. The van der Waals surface area contributed by atoms with E-state index in [9.17, 15) is 0 Å². The lowest BCUT2D eigenvalue weighted by atomic mass is 10.0. The monoisotopic (exact) mass is 1490 g/mol. The van der Waals surface area contributed by atoms with Gasteiger partial charge in [0.2, 0.25) is 0 Å². The van der Waals surface area contributed by atoms with Crippen molar-refractivity contribution >= 4 is 29.2 Å². The van der Waals surface area contributed by atoms with Gasteiger partial charge in [-0.1, -0.05) is 73.2 Å². The minimum absolute atomic E-state index is 0.819. The zero-order valence-corrected chi connectivity index (χ0v) is 71.0. The molecule has 0 radical (unpaired) electrons. The van der Waals surface area contributed by atoms with Crippen molar-refractivity contribution in [2.75, 3.05) is 324 Å². The largest absolute Gasteiger partial charge is 0.381 e. The summed E-state index contributed by atoms with van der Waals surface area (Å²) in [5, 5.41) is 6.47. The van der Waals surface area contributed by atoms with Crippen LogP contribution in [0.5, 0.6) is 0 Å². The first kappa shape index (κ1) is 94.9. The predicted octanol–water partition coefficient (Wildman–Crippen LogP) is 8.57. The van der Waals surface area contributed by atoms with E-state index in [0.717, 1.165) is 85.6 Å². The fourth-order valence-electron chi connectivity index (χ4n) is 11.6. The van der Waals surface area contributed by atoms with Crippen molar-refractivity contribution in [3.63, 3.8) is 0 Å². The average molecular weight is 1490 g/mol. The number of nitrogens with zero attached hydrogens (tertiary/aromatic N) is 15. The summed E-state index contributed by atoms with van der Waals surface area (Å²) in [6.07, 6.45) is 28.9. The molecule has 10 fully saturated rings. The van der Waals surface area contributed by atoms with Crippen LogP contribution in [0.15, 0.2) is 104 Å². The zero-order valence-electron chi connectivity index (χ0n) is 69.4. The van der Waals surface area contributed by atoms with E-state index in [1.165, 1.54) is 240 Å². The Balaban J connectivity index is 0.000000291. The van der Waals surface area contributed by atoms with Gasteiger partial charge in [-0.05, 0) is 223 Å². The van der Waals surface area contributed by atoms with Crippen LogP contribution in [0.4, 0.5) is 5.69 Å². The molecule has 0 aliphatic carbocycles. The minimum Gasteiger partial charge on any atom is -0.381 e. The van der Waals surface area contributed by atoms with E-state index in [-0.39, 0.29) is 0 Å². The van der Waals surface area contributed by atoms with Gasteiger partial charge in [0.05, 0.1) is 26.6 Å². The van der Waals surface area contributed by atoms with E-state index >= 15 is 0 Å². The van der Waals surface area contributed by atoms with E-state index in [2.05, 4.69) is 256 Å². The topological polar surface area (TPSA) is 91.5 Å². The van der Waals surface area contributed by atoms with E-state index < -0.39 is 0 Å². The van der Waals surface area contributed by atoms with Gasteiger partial charge in [-0.25, -0.2) is 4.57 Å². The summed E-state index contributed by atoms with van der Waals surface area (Å²) in [4.78, 5) is 32.2. The van der Waals surface area contributed by atoms with Gasteiger partial charge < -0.3 is 74.0 Å². The number of hydrogen-bond donors (Lipinski definition) is 2. The summed E-state index contributed by atoms with van der Waals surface area (Å²) in [5.41, 5.74) is 5.95. The summed E-state index contributed by atoms with van der Waals surface area (Å²) in [6.45, 7) is 36.6. The zero-order chi connectivity index (χ0) is 75.5. The molecule has 10 saturated heterocycles. The Labute approximate surface area is 648 Å². The molecule has 17 rings (SSSR count). The van der Waals surface area contributed by atoms with Crippen molar-refractivity contribution in [1.82, 2.24) is 74.3 Å². The van der Waals surface area contributed by atoms with Crippen LogP contribution in [0.3, 0.4) is 0 Å². The van der Waals surface area contributed by atoms with Gasteiger partial charge in [-0.15, -0.1) is 11.8 Å². The Kier molecular flexibility index (Phi) is 58.0. The standard InChI is InChI=1S/2C10H13N.C6H13N.2C6H11N.C6H8N.C5H12N2.C5H11NO.C5H11NS.C5H11N.C4H10N2.C4H9NO.C4H9NS.C4H9N.C3H7N/c1-11-8-4-6-9-5-2-3-7-10(9)11;1-11-7-6-9-4-2-3-5-10(9)8-11;4*1-7-5-3-2-4-6-7;1-7-4-2-6-3-5-7;2*1-6-2-4-7-5-3-6;1-6-4-2-3-5-6;1-6-3-2-5-4-6;2*1-5-2-3-6-4-5;1-5-3-2-4-5;1-4-2-3-4/h2-3,5,7H,4,6,8H2,1H3;2-5H,6-8H2,1H3;2-6H2,1H3;3,5H,2,4,6H2,1H3;2-3H,4-6H2,1H3;2-6H,1H3;6H,2-5H2,1H3;2*2-5H2,1H3;2-5H2,1H3;5H,2-4H2,1H3;2*2-4H2,1H3;2-4H2,1H3;2-3H2,1H3/q;;;;;+1;;;;;;;;;. The molecule has 0 amide bonds. The van der Waals surface area contributed by atoms with Gasteiger partial charge in [0.1, 0.15) is 7.05 Å². The number of pyridine rings is 1. The van der Waals surface area contributed by atoms with E-state index in [1.54, 1.807) is 0 Å². The number of allylic oxidation sites excluding steroid dienone is 1. The van der Waals surface area contributed by atoms with Crippen molar-refractivity contribution < 1.29 is 14.0 Å². The highest BCUT2D eigenvalue weighted by molar-refractivity contribution is 7.99. The molecule has 14 aliphatic rings. The quantitative estimate of drug-likeness (QED) is 0.128. The second-order valence-corrected chi connectivity index (χ2v) is 32.5. The second kappa shape index (κ2) is 63.5. The van der Waals surface area contributed by atoms with Crippen molar-refractivity contribution in [2.45, 2.75) is 83.6 Å². The first-order valence-electron chi connectivity index (χ1n) is 40.1. The van der Waals surface area contributed by atoms with E-state index in [1.807, 2.05) is 61.0 Å². The van der Waals surface area contributed by atoms with Crippen LogP contribution in [0.25, 0.3) is 0 Å². The smallest absolute Gasteiger partial charge is 0.168 e. The Morgan fingerprint density at radius 2 is 0.875 bits per heavy atom. The van der Waals surface area contributed by atoms with Gasteiger partial charge in [-0.2, -0.15) is 11.8 Å². The molecule has 15 heterocycles. The molecule has 0 unspecified atom stereocenters. The van der Waals surface area contributed by atoms with E-state index in [0.29, 0.717) is 0 Å². The second-order valence-electron chi connectivity index (χ2n) is 30.2. The van der Waals surface area contributed by atoms with Gasteiger partial charge >= 0.3 is 0 Å². The number of ether oxygens (including phenoxy) is 2. The van der Waals surface area contributed by atoms with Gasteiger partial charge in [0, 0.05) is 193 Å². The molecule has 0 atom stereocenters. The molecule has 104 heavy (non-hydrogen) atoms. The molecular formula is C83H158N17O2S2+. The van der Waals surface area contributed by atoms with Gasteiger partial charge in [0.15, 0.2) is 12.4 Å². The number of piperazine rings is 1. The van der Waals surface area contributed by atoms with Crippen LogP contribution in [0.2, 0.25) is 0 Å². The van der Waals surface area contributed by atoms with Crippen molar-refractivity contribution in [1.29, 1.82) is 0 Å². The third-order valence-electron chi connectivity index (χ3n) is 19.4.